The molecule has 2 rings (SSSR count). The molecule has 0 aliphatic rings. The van der Waals surface area contributed by atoms with Crippen molar-refractivity contribution in [2.75, 3.05) is 0 Å². The lowest BCUT2D eigenvalue weighted by molar-refractivity contribution is 0.241. The molecule has 3 nitrogen and oxygen atoms in total. The number of hydrogen-bond acceptors (Lipinski definition) is 3. The van der Waals surface area contributed by atoms with Gasteiger partial charge in [0.2, 0.25) is 0 Å². The van der Waals surface area contributed by atoms with E-state index >= 15 is 0 Å². The Kier molecular flexibility index (Phi) is 5.09. The average molecular weight is 286 g/mol. The molecule has 0 saturated carbocycles. The summed E-state index contributed by atoms with van der Waals surface area (Å²) in [6.45, 7) is 8.00. The third-order valence-electron chi connectivity index (χ3n) is 2.59. The Balaban J connectivity index is 2.10. The first kappa shape index (κ1) is 15.2. The van der Waals surface area contributed by atoms with E-state index in [1.165, 1.54) is 0 Å². The van der Waals surface area contributed by atoms with Crippen molar-refractivity contribution in [1.29, 1.82) is 0 Å². The topological polar surface area (TPSA) is 27.7 Å². The zero-order valence-electron chi connectivity index (χ0n) is 13.0. The van der Waals surface area contributed by atoms with Crippen LogP contribution in [0, 0.1) is 0 Å². The van der Waals surface area contributed by atoms with Gasteiger partial charge in [-0.15, -0.1) is 0 Å². The predicted octanol–water partition coefficient (Wildman–Crippen LogP) is 5.05. The highest BCUT2D eigenvalue weighted by Gasteiger charge is 2.04. The van der Waals surface area contributed by atoms with E-state index in [1.807, 2.05) is 76.2 Å². The Morgan fingerprint density at radius 2 is 1.00 bits per heavy atom. The predicted molar refractivity (Wildman–Crippen MR) is 84.5 cm³/mol. The van der Waals surface area contributed by atoms with Gasteiger partial charge < -0.3 is 14.2 Å². The molecule has 3 heteroatoms. The van der Waals surface area contributed by atoms with Gasteiger partial charge >= 0.3 is 0 Å². The highest BCUT2D eigenvalue weighted by atomic mass is 16.5. The minimum Gasteiger partial charge on any atom is -0.491 e. The summed E-state index contributed by atoms with van der Waals surface area (Å²) in [5.41, 5.74) is 0. The van der Waals surface area contributed by atoms with Gasteiger partial charge in [0.1, 0.15) is 23.0 Å². The monoisotopic (exact) mass is 286 g/mol. The van der Waals surface area contributed by atoms with Crippen molar-refractivity contribution in [3.8, 4) is 23.0 Å². The van der Waals surface area contributed by atoms with Gasteiger partial charge in [-0.3, -0.25) is 0 Å². The molecule has 0 unspecified atom stereocenters. The number of rotatable bonds is 6. The SMILES string of the molecule is CC(C)Oc1cccc(Oc2cccc(OC(C)C)c2)c1. The maximum atomic E-state index is 5.86. The number of ether oxygens (including phenoxy) is 3. The van der Waals surface area contributed by atoms with Crippen molar-refractivity contribution in [2.45, 2.75) is 39.9 Å². The second-order valence-electron chi connectivity index (χ2n) is 5.38. The van der Waals surface area contributed by atoms with Crippen LogP contribution in [0.15, 0.2) is 48.5 Å². The smallest absolute Gasteiger partial charge is 0.131 e. The molecule has 0 N–H and O–H groups in total. The van der Waals surface area contributed by atoms with Crippen LogP contribution in [0.1, 0.15) is 27.7 Å². The van der Waals surface area contributed by atoms with Crippen LogP contribution in [-0.4, -0.2) is 12.2 Å². The Bertz CT molecular complexity index is 525. The zero-order valence-corrected chi connectivity index (χ0v) is 13.0. The average Bonchev–Trinajstić information content (AvgIpc) is 2.37. The van der Waals surface area contributed by atoms with Gasteiger partial charge in [0.25, 0.3) is 0 Å². The molecule has 21 heavy (non-hydrogen) atoms. The van der Waals surface area contributed by atoms with Crippen molar-refractivity contribution in [3.63, 3.8) is 0 Å². The molecule has 0 heterocycles. The molecule has 0 aliphatic heterocycles. The van der Waals surface area contributed by atoms with E-state index in [9.17, 15) is 0 Å². The molecule has 0 aliphatic carbocycles. The van der Waals surface area contributed by atoms with Gasteiger partial charge in [-0.05, 0) is 52.0 Å². The lowest BCUT2D eigenvalue weighted by Crippen LogP contribution is -2.05. The molecule has 2 aromatic carbocycles. The molecule has 0 atom stereocenters. The van der Waals surface area contributed by atoms with Crippen LogP contribution < -0.4 is 14.2 Å². The lowest BCUT2D eigenvalue weighted by atomic mass is 10.3. The van der Waals surface area contributed by atoms with Gasteiger partial charge in [0.15, 0.2) is 0 Å². The molecule has 0 amide bonds. The van der Waals surface area contributed by atoms with Crippen LogP contribution in [0.5, 0.6) is 23.0 Å². The molecular weight excluding hydrogens is 264 g/mol. The van der Waals surface area contributed by atoms with E-state index in [4.69, 9.17) is 14.2 Å². The zero-order chi connectivity index (χ0) is 15.2. The van der Waals surface area contributed by atoms with E-state index in [0.717, 1.165) is 23.0 Å². The quantitative estimate of drug-likeness (QED) is 0.743. The van der Waals surface area contributed by atoms with Gasteiger partial charge in [-0.25, -0.2) is 0 Å². The second kappa shape index (κ2) is 7.02. The fourth-order valence-corrected chi connectivity index (χ4v) is 1.90. The van der Waals surface area contributed by atoms with Gasteiger partial charge in [-0.2, -0.15) is 0 Å². The minimum absolute atomic E-state index is 0.142. The van der Waals surface area contributed by atoms with Crippen molar-refractivity contribution in [2.24, 2.45) is 0 Å². The molecule has 112 valence electrons. The third kappa shape index (κ3) is 5.03. The van der Waals surface area contributed by atoms with E-state index in [2.05, 4.69) is 0 Å². The molecule has 0 spiro atoms. The lowest BCUT2D eigenvalue weighted by Gasteiger charge is -2.13. The van der Waals surface area contributed by atoms with E-state index in [0.29, 0.717) is 0 Å². The molecule has 0 fully saturated rings. The summed E-state index contributed by atoms with van der Waals surface area (Å²) < 4.78 is 17.2. The van der Waals surface area contributed by atoms with Crippen LogP contribution in [-0.2, 0) is 0 Å². The molecule has 0 radical (unpaired) electrons. The Morgan fingerprint density at radius 3 is 1.38 bits per heavy atom. The van der Waals surface area contributed by atoms with Crippen molar-refractivity contribution >= 4 is 0 Å². The Hall–Kier alpha value is -2.16. The van der Waals surface area contributed by atoms with Gasteiger partial charge in [0, 0.05) is 12.1 Å². The molecule has 0 saturated heterocycles. The summed E-state index contributed by atoms with van der Waals surface area (Å²) in [5.74, 6) is 3.10. The first-order valence-electron chi connectivity index (χ1n) is 7.24. The largest absolute Gasteiger partial charge is 0.491 e. The van der Waals surface area contributed by atoms with Crippen LogP contribution >= 0.6 is 0 Å². The molecule has 0 bridgehead atoms. The second-order valence-corrected chi connectivity index (χ2v) is 5.38. The first-order chi connectivity index (χ1) is 10.0. The first-order valence-corrected chi connectivity index (χ1v) is 7.24. The molecule has 2 aromatic rings. The summed E-state index contributed by atoms with van der Waals surface area (Å²) in [7, 11) is 0. The highest BCUT2D eigenvalue weighted by molar-refractivity contribution is 5.39. The fourth-order valence-electron chi connectivity index (χ4n) is 1.90. The van der Waals surface area contributed by atoms with E-state index in [1.54, 1.807) is 0 Å². The van der Waals surface area contributed by atoms with E-state index < -0.39 is 0 Å². The summed E-state index contributed by atoms with van der Waals surface area (Å²) >= 11 is 0. The van der Waals surface area contributed by atoms with E-state index in [-0.39, 0.29) is 12.2 Å². The Labute approximate surface area is 126 Å². The standard InChI is InChI=1S/C18H22O3/c1-13(2)19-15-7-5-9-17(11-15)21-18-10-6-8-16(12-18)20-14(3)4/h5-14H,1-4H3. The van der Waals surface area contributed by atoms with Gasteiger partial charge in [0.05, 0.1) is 12.2 Å². The highest BCUT2D eigenvalue weighted by Crippen LogP contribution is 2.28. The van der Waals surface area contributed by atoms with Crippen molar-refractivity contribution in [3.05, 3.63) is 48.5 Å². The maximum Gasteiger partial charge on any atom is 0.131 e. The van der Waals surface area contributed by atoms with Gasteiger partial charge in [-0.1, -0.05) is 12.1 Å². The van der Waals surface area contributed by atoms with Crippen molar-refractivity contribution in [1.82, 2.24) is 0 Å². The summed E-state index contributed by atoms with van der Waals surface area (Å²) in [6, 6.07) is 15.3. The number of hydrogen-bond donors (Lipinski definition) is 0. The van der Waals surface area contributed by atoms with Crippen LogP contribution in [0.2, 0.25) is 0 Å². The normalized spacial score (nSPS) is 10.8. The third-order valence-corrected chi connectivity index (χ3v) is 2.59. The van der Waals surface area contributed by atoms with Crippen molar-refractivity contribution < 1.29 is 14.2 Å². The fraction of sp³-hybridized carbons (Fsp3) is 0.333. The number of benzene rings is 2. The maximum absolute atomic E-state index is 5.86. The minimum atomic E-state index is 0.142. The summed E-state index contributed by atoms with van der Waals surface area (Å²) in [4.78, 5) is 0. The Morgan fingerprint density at radius 1 is 0.619 bits per heavy atom. The summed E-state index contributed by atoms with van der Waals surface area (Å²) in [5, 5.41) is 0. The summed E-state index contributed by atoms with van der Waals surface area (Å²) in [6.07, 6.45) is 0.283. The van der Waals surface area contributed by atoms with Crippen LogP contribution in [0.25, 0.3) is 0 Å². The van der Waals surface area contributed by atoms with Crippen LogP contribution in [0.3, 0.4) is 0 Å². The molecule has 0 aromatic heterocycles. The molecular formula is C18H22O3. The van der Waals surface area contributed by atoms with Crippen LogP contribution in [0.4, 0.5) is 0 Å².